The molecule has 1 N–H and O–H groups in total. The van der Waals surface area contributed by atoms with Crippen LogP contribution in [0.5, 0.6) is 0 Å². The summed E-state index contributed by atoms with van der Waals surface area (Å²) in [5.74, 6) is 0.825. The molecule has 0 radical (unpaired) electrons. The van der Waals surface area contributed by atoms with Crippen LogP contribution in [0.25, 0.3) is 0 Å². The minimum absolute atomic E-state index is 0.0486. The Kier molecular flexibility index (Phi) is 6.14. The van der Waals surface area contributed by atoms with Gasteiger partial charge in [-0.2, -0.15) is 0 Å². The molecule has 2 aliphatic rings. The van der Waals surface area contributed by atoms with Crippen LogP contribution in [-0.2, 0) is 11.3 Å². The normalized spacial score (nSPS) is 19.6. The van der Waals surface area contributed by atoms with Crippen molar-refractivity contribution in [3.05, 3.63) is 52.9 Å². The number of carbonyl (C=O) groups excluding carboxylic acids is 2. The van der Waals surface area contributed by atoms with E-state index in [0.29, 0.717) is 36.2 Å². The summed E-state index contributed by atoms with van der Waals surface area (Å²) < 4.78 is 0. The molecule has 1 aliphatic carbocycles. The Bertz CT molecular complexity index is 961. The summed E-state index contributed by atoms with van der Waals surface area (Å²) in [6.07, 6.45) is 7.10. The van der Waals surface area contributed by atoms with Gasteiger partial charge in [-0.05, 0) is 37.5 Å². The maximum atomic E-state index is 12.9. The van der Waals surface area contributed by atoms with Gasteiger partial charge in [0.2, 0.25) is 5.91 Å². The summed E-state index contributed by atoms with van der Waals surface area (Å²) in [5.41, 5.74) is 1.22. The van der Waals surface area contributed by atoms with Gasteiger partial charge in [0.25, 0.3) is 5.91 Å². The summed E-state index contributed by atoms with van der Waals surface area (Å²) in [6, 6.07) is 7.38. The molecular weight excluding hydrogens is 414 g/mol. The number of likely N-dealkylation sites (tertiary alicyclic amines) is 1. The van der Waals surface area contributed by atoms with E-state index in [9.17, 15) is 9.59 Å². The fraction of sp³-hybridized carbons (Fsp3) is 0.478. The molecule has 0 aromatic carbocycles. The van der Waals surface area contributed by atoms with Gasteiger partial charge in [-0.1, -0.05) is 31.0 Å². The van der Waals surface area contributed by atoms with E-state index in [2.05, 4.69) is 22.2 Å². The molecule has 8 heteroatoms. The van der Waals surface area contributed by atoms with Crippen molar-refractivity contribution in [2.45, 2.75) is 45.2 Å². The summed E-state index contributed by atoms with van der Waals surface area (Å²) in [4.78, 5) is 37.8. The number of pyridine rings is 2. The minimum atomic E-state index is -0.209. The van der Waals surface area contributed by atoms with Gasteiger partial charge >= 0.3 is 0 Å². The zero-order chi connectivity index (χ0) is 22.0. The molecule has 3 heterocycles. The first-order valence-corrected chi connectivity index (χ1v) is 11.1. The molecule has 0 spiro atoms. The van der Waals surface area contributed by atoms with Gasteiger partial charge in [0, 0.05) is 50.1 Å². The second-order valence-corrected chi connectivity index (χ2v) is 9.12. The van der Waals surface area contributed by atoms with Gasteiger partial charge < -0.3 is 15.1 Å². The topological polar surface area (TPSA) is 78.4 Å². The number of hydrogen-bond donors (Lipinski definition) is 1. The average molecular weight is 442 g/mol. The fourth-order valence-corrected chi connectivity index (χ4v) is 4.49. The van der Waals surface area contributed by atoms with Gasteiger partial charge in [0.05, 0.1) is 11.6 Å². The SMILES string of the molecule is CN(C(=O)C1(C)CCC1)[C@H]1CCN(C(=O)c2ccc(NCc3cccnc3Cl)nc2)C1. The van der Waals surface area contributed by atoms with Gasteiger partial charge in [0.15, 0.2) is 0 Å². The van der Waals surface area contributed by atoms with Crippen molar-refractivity contribution in [1.29, 1.82) is 0 Å². The molecule has 2 fully saturated rings. The van der Waals surface area contributed by atoms with Crippen molar-refractivity contribution in [2.24, 2.45) is 5.41 Å². The number of halogens is 1. The number of nitrogens with one attached hydrogen (secondary N) is 1. The smallest absolute Gasteiger partial charge is 0.255 e. The first-order valence-electron chi connectivity index (χ1n) is 10.7. The third kappa shape index (κ3) is 4.51. The van der Waals surface area contributed by atoms with Crippen LogP contribution in [0.2, 0.25) is 5.15 Å². The minimum Gasteiger partial charge on any atom is -0.366 e. The van der Waals surface area contributed by atoms with Gasteiger partial charge in [-0.3, -0.25) is 9.59 Å². The summed E-state index contributed by atoms with van der Waals surface area (Å²) in [5, 5.41) is 3.65. The number of likely N-dealkylation sites (N-methyl/N-ethyl adjacent to an activating group) is 1. The van der Waals surface area contributed by atoms with Crippen LogP contribution >= 0.6 is 11.6 Å². The molecule has 0 unspecified atom stereocenters. The second kappa shape index (κ2) is 8.83. The highest BCUT2D eigenvalue weighted by molar-refractivity contribution is 6.30. The molecule has 7 nitrogen and oxygen atoms in total. The number of amides is 2. The molecule has 31 heavy (non-hydrogen) atoms. The highest BCUT2D eigenvalue weighted by Gasteiger charge is 2.43. The molecule has 1 saturated carbocycles. The Labute approximate surface area is 187 Å². The van der Waals surface area contributed by atoms with Crippen LogP contribution in [0.1, 0.15) is 48.5 Å². The van der Waals surface area contributed by atoms with Crippen LogP contribution < -0.4 is 5.32 Å². The quantitative estimate of drug-likeness (QED) is 0.693. The van der Waals surface area contributed by atoms with E-state index in [1.54, 1.807) is 24.5 Å². The van der Waals surface area contributed by atoms with E-state index < -0.39 is 0 Å². The largest absolute Gasteiger partial charge is 0.366 e. The lowest BCUT2D eigenvalue weighted by Gasteiger charge is -2.41. The van der Waals surface area contributed by atoms with Crippen molar-refractivity contribution in [2.75, 3.05) is 25.5 Å². The van der Waals surface area contributed by atoms with Crippen LogP contribution in [-0.4, -0.2) is 57.8 Å². The number of rotatable bonds is 6. The summed E-state index contributed by atoms with van der Waals surface area (Å²) >= 11 is 6.07. The number of hydrogen-bond acceptors (Lipinski definition) is 5. The summed E-state index contributed by atoms with van der Waals surface area (Å²) in [7, 11) is 1.88. The van der Waals surface area contributed by atoms with E-state index in [0.717, 1.165) is 31.2 Å². The average Bonchev–Trinajstić information content (AvgIpc) is 3.26. The highest BCUT2D eigenvalue weighted by atomic mass is 35.5. The molecule has 1 aliphatic heterocycles. The first-order chi connectivity index (χ1) is 14.9. The molecule has 1 saturated heterocycles. The molecule has 4 rings (SSSR count). The lowest BCUT2D eigenvalue weighted by atomic mass is 9.69. The number of carbonyl (C=O) groups is 2. The maximum Gasteiger partial charge on any atom is 0.255 e. The predicted molar refractivity (Wildman–Crippen MR) is 120 cm³/mol. The van der Waals surface area contributed by atoms with E-state index in [-0.39, 0.29) is 23.3 Å². The molecule has 1 atom stereocenters. The molecule has 2 aromatic heterocycles. The zero-order valence-electron chi connectivity index (χ0n) is 18.0. The van der Waals surface area contributed by atoms with Crippen LogP contribution in [0.4, 0.5) is 5.82 Å². The van der Waals surface area contributed by atoms with Crippen LogP contribution in [0.3, 0.4) is 0 Å². The second-order valence-electron chi connectivity index (χ2n) is 8.76. The molecule has 2 aromatic rings. The molecule has 164 valence electrons. The monoisotopic (exact) mass is 441 g/mol. The van der Waals surface area contributed by atoms with E-state index in [1.807, 2.05) is 29.0 Å². The Morgan fingerprint density at radius 2 is 2.10 bits per heavy atom. The van der Waals surface area contributed by atoms with Gasteiger partial charge in [0.1, 0.15) is 11.0 Å². The van der Waals surface area contributed by atoms with Crippen LogP contribution in [0.15, 0.2) is 36.7 Å². The molecular formula is C23H28ClN5O2. The fourth-order valence-electron chi connectivity index (χ4n) is 4.30. The van der Waals surface area contributed by atoms with Gasteiger partial charge in [-0.25, -0.2) is 9.97 Å². The lowest BCUT2D eigenvalue weighted by molar-refractivity contribution is -0.146. The molecule has 2 amide bonds. The summed E-state index contributed by atoms with van der Waals surface area (Å²) in [6.45, 7) is 3.77. The van der Waals surface area contributed by atoms with E-state index in [1.165, 1.54) is 0 Å². The first kappa shape index (κ1) is 21.6. The Morgan fingerprint density at radius 1 is 1.29 bits per heavy atom. The molecule has 0 bridgehead atoms. The van der Waals surface area contributed by atoms with E-state index >= 15 is 0 Å². The standard InChI is InChI=1S/C23H28ClN5O2/c1-23(9-4-10-23)22(31)28(2)18-8-12-29(15-18)21(30)17-6-7-19(27-14-17)26-13-16-5-3-11-25-20(16)24/h3,5-7,11,14,18H,4,8-10,12-13,15H2,1-2H3,(H,26,27)/t18-/m0/s1. The zero-order valence-corrected chi connectivity index (χ0v) is 18.7. The van der Waals surface area contributed by atoms with Crippen molar-refractivity contribution >= 4 is 29.2 Å². The Hall–Kier alpha value is -2.67. The number of anilines is 1. The van der Waals surface area contributed by atoms with E-state index in [4.69, 9.17) is 11.6 Å². The third-order valence-corrected chi connectivity index (χ3v) is 6.94. The van der Waals surface area contributed by atoms with Crippen LogP contribution in [0, 0.1) is 5.41 Å². The van der Waals surface area contributed by atoms with Crippen molar-refractivity contribution < 1.29 is 9.59 Å². The van der Waals surface area contributed by atoms with Crippen molar-refractivity contribution in [3.63, 3.8) is 0 Å². The Balaban J connectivity index is 1.32. The lowest BCUT2D eigenvalue weighted by Crippen LogP contribution is -2.49. The maximum absolute atomic E-state index is 12.9. The Morgan fingerprint density at radius 3 is 2.74 bits per heavy atom. The number of nitrogens with zero attached hydrogens (tertiary/aromatic N) is 4. The number of aromatic nitrogens is 2. The van der Waals surface area contributed by atoms with Gasteiger partial charge in [-0.15, -0.1) is 0 Å². The van der Waals surface area contributed by atoms with Crippen molar-refractivity contribution in [3.8, 4) is 0 Å². The highest BCUT2D eigenvalue weighted by Crippen LogP contribution is 2.42. The predicted octanol–water partition coefficient (Wildman–Crippen LogP) is 3.61. The third-order valence-electron chi connectivity index (χ3n) is 6.60. The van der Waals surface area contributed by atoms with Crippen molar-refractivity contribution in [1.82, 2.24) is 19.8 Å².